The number of hydrogen-bond donors (Lipinski definition) is 2. The minimum absolute atomic E-state index is 0.00249. The standard InChI is InChI=1S/C19H14ClFN2O2S/c1-11(24)22-14-6-7-15(21)16(10-14)23-19(25)18-9-8-17(26-18)12-2-4-13(20)5-3-12/h2-10H,1H3,(H,22,24)(H,23,25). The molecule has 0 aliphatic heterocycles. The molecular weight excluding hydrogens is 375 g/mol. The van der Waals surface area contributed by atoms with E-state index in [0.29, 0.717) is 15.6 Å². The van der Waals surface area contributed by atoms with E-state index in [9.17, 15) is 14.0 Å². The van der Waals surface area contributed by atoms with Crippen molar-refractivity contribution in [3.05, 3.63) is 70.3 Å². The van der Waals surface area contributed by atoms with E-state index in [4.69, 9.17) is 11.6 Å². The number of carbonyl (C=O) groups is 2. The SMILES string of the molecule is CC(=O)Nc1ccc(F)c(NC(=O)c2ccc(-c3ccc(Cl)cc3)s2)c1. The molecule has 0 radical (unpaired) electrons. The van der Waals surface area contributed by atoms with Crippen LogP contribution in [0.25, 0.3) is 10.4 Å². The van der Waals surface area contributed by atoms with Gasteiger partial charge in [-0.3, -0.25) is 9.59 Å². The van der Waals surface area contributed by atoms with Crippen molar-refractivity contribution >= 4 is 46.1 Å². The number of carbonyl (C=O) groups excluding carboxylic acids is 2. The van der Waals surface area contributed by atoms with Crippen molar-refractivity contribution in [3.63, 3.8) is 0 Å². The van der Waals surface area contributed by atoms with Gasteiger partial charge in [0, 0.05) is 22.5 Å². The van der Waals surface area contributed by atoms with Gasteiger partial charge in [-0.05, 0) is 48.0 Å². The van der Waals surface area contributed by atoms with Crippen LogP contribution in [0.1, 0.15) is 16.6 Å². The van der Waals surface area contributed by atoms with E-state index < -0.39 is 11.7 Å². The highest BCUT2D eigenvalue weighted by molar-refractivity contribution is 7.17. The third-order valence-electron chi connectivity index (χ3n) is 3.49. The Labute approximate surface area is 158 Å². The van der Waals surface area contributed by atoms with Crippen molar-refractivity contribution in [2.75, 3.05) is 10.6 Å². The number of rotatable bonds is 4. The van der Waals surface area contributed by atoms with Crippen LogP contribution >= 0.6 is 22.9 Å². The van der Waals surface area contributed by atoms with Crippen LogP contribution in [-0.2, 0) is 4.79 Å². The molecule has 0 aliphatic carbocycles. The van der Waals surface area contributed by atoms with Crippen molar-refractivity contribution in [1.82, 2.24) is 0 Å². The van der Waals surface area contributed by atoms with E-state index in [0.717, 1.165) is 10.4 Å². The average Bonchev–Trinajstić information content (AvgIpc) is 3.08. The number of nitrogens with one attached hydrogen (secondary N) is 2. The zero-order valence-corrected chi connectivity index (χ0v) is 15.2. The first-order valence-electron chi connectivity index (χ1n) is 7.66. The van der Waals surface area contributed by atoms with Crippen molar-refractivity contribution in [2.24, 2.45) is 0 Å². The van der Waals surface area contributed by atoms with Gasteiger partial charge in [0.15, 0.2) is 0 Å². The maximum absolute atomic E-state index is 14.0. The molecule has 0 aliphatic rings. The molecule has 0 bridgehead atoms. The maximum atomic E-state index is 14.0. The molecule has 0 unspecified atom stereocenters. The lowest BCUT2D eigenvalue weighted by molar-refractivity contribution is -0.114. The molecule has 0 fully saturated rings. The van der Waals surface area contributed by atoms with Gasteiger partial charge in [0.05, 0.1) is 10.6 Å². The number of halogens is 2. The van der Waals surface area contributed by atoms with Gasteiger partial charge < -0.3 is 10.6 Å². The predicted octanol–water partition coefficient (Wildman–Crippen LogP) is 5.42. The predicted molar refractivity (Wildman–Crippen MR) is 103 cm³/mol. The monoisotopic (exact) mass is 388 g/mol. The number of anilines is 2. The summed E-state index contributed by atoms with van der Waals surface area (Å²) in [5.41, 5.74) is 1.35. The molecule has 3 aromatic rings. The molecule has 0 saturated carbocycles. The molecule has 0 saturated heterocycles. The second-order valence-corrected chi connectivity index (χ2v) is 7.02. The Morgan fingerprint density at radius 3 is 2.42 bits per heavy atom. The third-order valence-corrected chi connectivity index (χ3v) is 4.88. The van der Waals surface area contributed by atoms with Gasteiger partial charge in [-0.2, -0.15) is 0 Å². The Morgan fingerprint density at radius 1 is 1.00 bits per heavy atom. The maximum Gasteiger partial charge on any atom is 0.265 e. The third kappa shape index (κ3) is 4.28. The van der Waals surface area contributed by atoms with Gasteiger partial charge in [-0.15, -0.1) is 11.3 Å². The fourth-order valence-electron chi connectivity index (χ4n) is 2.32. The fourth-order valence-corrected chi connectivity index (χ4v) is 3.35. The Balaban J connectivity index is 1.78. The normalized spacial score (nSPS) is 10.4. The first-order valence-corrected chi connectivity index (χ1v) is 8.86. The van der Waals surface area contributed by atoms with E-state index in [1.807, 2.05) is 18.2 Å². The highest BCUT2D eigenvalue weighted by Crippen LogP contribution is 2.30. The Hall–Kier alpha value is -2.70. The minimum Gasteiger partial charge on any atom is -0.326 e. The van der Waals surface area contributed by atoms with Crippen molar-refractivity contribution in [2.45, 2.75) is 6.92 Å². The minimum atomic E-state index is -0.582. The lowest BCUT2D eigenvalue weighted by atomic mass is 10.2. The summed E-state index contributed by atoms with van der Waals surface area (Å²) < 4.78 is 14.0. The first kappa shape index (κ1) is 18.1. The number of thiophene rings is 1. The lowest BCUT2D eigenvalue weighted by Crippen LogP contribution is -2.12. The van der Waals surface area contributed by atoms with E-state index in [2.05, 4.69) is 10.6 Å². The van der Waals surface area contributed by atoms with Gasteiger partial charge in [-0.1, -0.05) is 23.7 Å². The first-order chi connectivity index (χ1) is 12.4. The topological polar surface area (TPSA) is 58.2 Å². The quantitative estimate of drug-likeness (QED) is 0.627. The van der Waals surface area contributed by atoms with E-state index in [1.165, 1.54) is 36.5 Å². The summed E-state index contributed by atoms with van der Waals surface area (Å²) in [5, 5.41) is 5.73. The van der Waals surface area contributed by atoms with Gasteiger partial charge in [0.1, 0.15) is 5.82 Å². The summed E-state index contributed by atoms with van der Waals surface area (Å²) in [6.07, 6.45) is 0. The number of benzene rings is 2. The van der Waals surface area contributed by atoms with Crippen LogP contribution in [0.5, 0.6) is 0 Å². The summed E-state index contributed by atoms with van der Waals surface area (Å²) in [6.45, 7) is 1.35. The largest absolute Gasteiger partial charge is 0.326 e. The van der Waals surface area contributed by atoms with Crippen LogP contribution in [0.4, 0.5) is 15.8 Å². The van der Waals surface area contributed by atoms with E-state index in [1.54, 1.807) is 18.2 Å². The molecule has 2 N–H and O–H groups in total. The Kier molecular flexibility index (Phi) is 5.35. The average molecular weight is 389 g/mol. The molecule has 7 heteroatoms. The Morgan fingerprint density at radius 2 is 1.73 bits per heavy atom. The molecule has 132 valence electrons. The summed E-state index contributed by atoms with van der Waals surface area (Å²) in [6, 6.07) is 14.8. The molecule has 2 aromatic carbocycles. The summed E-state index contributed by atoms with van der Waals surface area (Å²) >= 11 is 7.17. The summed E-state index contributed by atoms with van der Waals surface area (Å²) in [5.74, 6) is -1.28. The molecule has 26 heavy (non-hydrogen) atoms. The van der Waals surface area contributed by atoms with Crippen LogP contribution < -0.4 is 10.6 Å². The lowest BCUT2D eigenvalue weighted by Gasteiger charge is -2.08. The highest BCUT2D eigenvalue weighted by Gasteiger charge is 2.13. The number of amides is 2. The van der Waals surface area contributed by atoms with Crippen LogP contribution in [0.15, 0.2) is 54.6 Å². The highest BCUT2D eigenvalue weighted by atomic mass is 35.5. The van der Waals surface area contributed by atoms with Crippen molar-refractivity contribution in [1.29, 1.82) is 0 Å². The second kappa shape index (κ2) is 7.68. The molecule has 2 amide bonds. The molecule has 0 atom stereocenters. The zero-order valence-electron chi connectivity index (χ0n) is 13.7. The summed E-state index contributed by atoms with van der Waals surface area (Å²) in [7, 11) is 0. The zero-order chi connectivity index (χ0) is 18.7. The van der Waals surface area contributed by atoms with Crippen LogP contribution in [0.3, 0.4) is 0 Å². The van der Waals surface area contributed by atoms with Gasteiger partial charge >= 0.3 is 0 Å². The van der Waals surface area contributed by atoms with E-state index in [-0.39, 0.29) is 11.6 Å². The molecule has 1 aromatic heterocycles. The van der Waals surface area contributed by atoms with Crippen LogP contribution in [-0.4, -0.2) is 11.8 Å². The van der Waals surface area contributed by atoms with E-state index >= 15 is 0 Å². The van der Waals surface area contributed by atoms with Crippen LogP contribution in [0.2, 0.25) is 5.02 Å². The molecule has 3 rings (SSSR count). The van der Waals surface area contributed by atoms with Crippen LogP contribution in [0, 0.1) is 5.82 Å². The van der Waals surface area contributed by atoms with Gasteiger partial charge in [0.2, 0.25) is 5.91 Å². The van der Waals surface area contributed by atoms with Crippen molar-refractivity contribution in [3.8, 4) is 10.4 Å². The fraction of sp³-hybridized carbons (Fsp3) is 0.0526. The van der Waals surface area contributed by atoms with Crippen molar-refractivity contribution < 1.29 is 14.0 Å². The van der Waals surface area contributed by atoms with Gasteiger partial charge in [0.25, 0.3) is 5.91 Å². The molecule has 4 nitrogen and oxygen atoms in total. The molecule has 1 heterocycles. The van der Waals surface area contributed by atoms with Gasteiger partial charge in [-0.25, -0.2) is 4.39 Å². The molecule has 0 spiro atoms. The second-order valence-electron chi connectivity index (χ2n) is 5.50. The molecular formula is C19H14ClFN2O2S. The summed E-state index contributed by atoms with van der Waals surface area (Å²) in [4.78, 5) is 24.9. The smallest absolute Gasteiger partial charge is 0.265 e. The Bertz CT molecular complexity index is 970. The number of hydrogen-bond acceptors (Lipinski definition) is 3.